The zero-order valence-electron chi connectivity index (χ0n) is 13.0. The first-order valence-electron chi connectivity index (χ1n) is 7.46. The van der Waals surface area contributed by atoms with Gasteiger partial charge >= 0.3 is 0 Å². The van der Waals surface area contributed by atoms with Crippen LogP contribution < -0.4 is 10.2 Å². The molecule has 0 spiro atoms. The standard InChI is InChI=1S/C15H28N4/c1-11-8-6-7-9-14(11)18(4)15-13(10-16-3)12(2)17-19(15)5/h11,14,16H,6-10H2,1-5H3. The summed E-state index contributed by atoms with van der Waals surface area (Å²) < 4.78 is 2.04. The molecule has 1 N–H and O–H groups in total. The van der Waals surface area contributed by atoms with E-state index in [2.05, 4.69) is 43.3 Å². The third kappa shape index (κ3) is 2.78. The molecule has 2 unspecified atom stereocenters. The fourth-order valence-corrected chi connectivity index (χ4v) is 3.54. The molecule has 0 radical (unpaired) electrons. The number of anilines is 1. The molecule has 0 bridgehead atoms. The van der Waals surface area contributed by atoms with E-state index in [1.807, 2.05) is 11.7 Å². The molecule has 0 aliphatic heterocycles. The molecule has 2 atom stereocenters. The second-order valence-corrected chi connectivity index (χ2v) is 5.98. The average Bonchev–Trinajstić information content (AvgIpc) is 2.65. The molecule has 1 aliphatic rings. The fourth-order valence-electron chi connectivity index (χ4n) is 3.54. The molecule has 0 saturated heterocycles. The van der Waals surface area contributed by atoms with Crippen LogP contribution in [0.1, 0.15) is 43.9 Å². The summed E-state index contributed by atoms with van der Waals surface area (Å²) in [5.41, 5.74) is 2.48. The van der Waals surface area contributed by atoms with Crippen molar-refractivity contribution in [2.75, 3.05) is 19.0 Å². The molecular weight excluding hydrogens is 236 g/mol. The maximum atomic E-state index is 4.61. The largest absolute Gasteiger partial charge is 0.356 e. The highest BCUT2D eigenvalue weighted by molar-refractivity contribution is 5.50. The van der Waals surface area contributed by atoms with Gasteiger partial charge in [-0.2, -0.15) is 5.10 Å². The summed E-state index contributed by atoms with van der Waals surface area (Å²) in [6.45, 7) is 5.38. The lowest BCUT2D eigenvalue weighted by molar-refractivity contribution is 0.319. The van der Waals surface area contributed by atoms with Crippen LogP contribution in [0.15, 0.2) is 0 Å². The topological polar surface area (TPSA) is 33.1 Å². The number of aryl methyl sites for hydroxylation is 2. The van der Waals surface area contributed by atoms with Crippen molar-refractivity contribution in [3.8, 4) is 0 Å². The number of hydrogen-bond acceptors (Lipinski definition) is 3. The van der Waals surface area contributed by atoms with E-state index in [4.69, 9.17) is 0 Å². The van der Waals surface area contributed by atoms with Crippen LogP contribution in [0, 0.1) is 12.8 Å². The van der Waals surface area contributed by atoms with E-state index in [1.165, 1.54) is 37.1 Å². The molecule has 1 aromatic rings. The molecule has 19 heavy (non-hydrogen) atoms. The van der Waals surface area contributed by atoms with Gasteiger partial charge in [0.25, 0.3) is 0 Å². The molecule has 2 rings (SSSR count). The normalized spacial score (nSPS) is 23.6. The molecule has 1 saturated carbocycles. The smallest absolute Gasteiger partial charge is 0.131 e. The van der Waals surface area contributed by atoms with Gasteiger partial charge in [-0.3, -0.25) is 4.68 Å². The van der Waals surface area contributed by atoms with Crippen LogP contribution in [0.5, 0.6) is 0 Å². The van der Waals surface area contributed by atoms with Crippen molar-refractivity contribution >= 4 is 5.82 Å². The van der Waals surface area contributed by atoms with Crippen molar-refractivity contribution in [3.05, 3.63) is 11.3 Å². The van der Waals surface area contributed by atoms with Gasteiger partial charge in [-0.25, -0.2) is 0 Å². The highest BCUT2D eigenvalue weighted by atomic mass is 15.4. The Kier molecular flexibility index (Phi) is 4.50. The van der Waals surface area contributed by atoms with Gasteiger partial charge in [-0.15, -0.1) is 0 Å². The van der Waals surface area contributed by atoms with Crippen molar-refractivity contribution in [1.82, 2.24) is 15.1 Å². The Bertz CT molecular complexity index is 424. The lowest BCUT2D eigenvalue weighted by atomic mass is 9.85. The zero-order chi connectivity index (χ0) is 14.0. The van der Waals surface area contributed by atoms with Crippen molar-refractivity contribution in [2.45, 2.75) is 52.1 Å². The zero-order valence-corrected chi connectivity index (χ0v) is 13.0. The minimum atomic E-state index is 0.652. The maximum Gasteiger partial charge on any atom is 0.131 e. The summed E-state index contributed by atoms with van der Waals surface area (Å²) in [6, 6.07) is 0.652. The number of rotatable bonds is 4. The molecule has 1 fully saturated rings. The predicted molar refractivity (Wildman–Crippen MR) is 80.5 cm³/mol. The second-order valence-electron chi connectivity index (χ2n) is 5.98. The van der Waals surface area contributed by atoms with E-state index in [-0.39, 0.29) is 0 Å². The van der Waals surface area contributed by atoms with Crippen LogP contribution >= 0.6 is 0 Å². The van der Waals surface area contributed by atoms with E-state index in [0.29, 0.717) is 6.04 Å². The Balaban J connectivity index is 2.29. The van der Waals surface area contributed by atoms with Crippen molar-refractivity contribution in [2.24, 2.45) is 13.0 Å². The summed E-state index contributed by atoms with van der Waals surface area (Å²) in [5.74, 6) is 2.06. The lowest BCUT2D eigenvalue weighted by Gasteiger charge is -2.38. The molecule has 1 aromatic heterocycles. The fraction of sp³-hybridized carbons (Fsp3) is 0.800. The Morgan fingerprint density at radius 3 is 2.68 bits per heavy atom. The summed E-state index contributed by atoms with van der Waals surface area (Å²) in [5, 5.41) is 7.87. The number of nitrogens with zero attached hydrogens (tertiary/aromatic N) is 3. The van der Waals surface area contributed by atoms with E-state index in [1.54, 1.807) is 0 Å². The summed E-state index contributed by atoms with van der Waals surface area (Å²) >= 11 is 0. The number of nitrogens with one attached hydrogen (secondary N) is 1. The molecular formula is C15H28N4. The highest BCUT2D eigenvalue weighted by Crippen LogP contribution is 2.32. The first-order valence-corrected chi connectivity index (χ1v) is 7.46. The number of aromatic nitrogens is 2. The van der Waals surface area contributed by atoms with Gasteiger partial charge in [0.1, 0.15) is 5.82 Å². The van der Waals surface area contributed by atoms with Gasteiger partial charge < -0.3 is 10.2 Å². The van der Waals surface area contributed by atoms with Crippen LogP contribution in [-0.4, -0.2) is 29.9 Å². The van der Waals surface area contributed by atoms with Gasteiger partial charge in [-0.1, -0.05) is 19.8 Å². The Labute approximate surface area is 117 Å². The van der Waals surface area contributed by atoms with E-state index in [9.17, 15) is 0 Å². The lowest BCUT2D eigenvalue weighted by Crippen LogP contribution is -2.40. The maximum absolute atomic E-state index is 4.61. The molecule has 108 valence electrons. The van der Waals surface area contributed by atoms with Crippen LogP contribution in [0.2, 0.25) is 0 Å². The molecule has 4 nitrogen and oxygen atoms in total. The summed E-state index contributed by atoms with van der Waals surface area (Å²) in [7, 11) is 6.30. The predicted octanol–water partition coefficient (Wildman–Crippen LogP) is 2.46. The van der Waals surface area contributed by atoms with Crippen LogP contribution in [0.3, 0.4) is 0 Å². The monoisotopic (exact) mass is 264 g/mol. The SMILES string of the molecule is CNCc1c(C)nn(C)c1N(C)C1CCCCC1C. The molecule has 0 amide bonds. The molecule has 1 aliphatic carbocycles. The first-order chi connectivity index (χ1) is 9.06. The summed E-state index contributed by atoms with van der Waals surface area (Å²) in [4.78, 5) is 2.47. The minimum absolute atomic E-state index is 0.652. The third-order valence-corrected chi connectivity index (χ3v) is 4.56. The van der Waals surface area contributed by atoms with Gasteiger partial charge in [0.2, 0.25) is 0 Å². The quantitative estimate of drug-likeness (QED) is 0.907. The average molecular weight is 264 g/mol. The Morgan fingerprint density at radius 1 is 1.37 bits per heavy atom. The van der Waals surface area contributed by atoms with E-state index >= 15 is 0 Å². The van der Waals surface area contributed by atoms with Gasteiger partial charge in [0.05, 0.1) is 5.69 Å². The van der Waals surface area contributed by atoms with E-state index < -0.39 is 0 Å². The van der Waals surface area contributed by atoms with Crippen molar-refractivity contribution < 1.29 is 0 Å². The van der Waals surface area contributed by atoms with Crippen LogP contribution in [0.25, 0.3) is 0 Å². The van der Waals surface area contributed by atoms with Crippen molar-refractivity contribution in [3.63, 3.8) is 0 Å². The Morgan fingerprint density at radius 2 is 2.05 bits per heavy atom. The summed E-state index contributed by atoms with van der Waals surface area (Å²) in [6.07, 6.45) is 5.41. The number of hydrogen-bond donors (Lipinski definition) is 1. The van der Waals surface area contributed by atoms with Crippen LogP contribution in [0.4, 0.5) is 5.82 Å². The molecule has 4 heteroatoms. The van der Waals surface area contributed by atoms with Crippen LogP contribution in [-0.2, 0) is 13.6 Å². The first kappa shape index (κ1) is 14.4. The van der Waals surface area contributed by atoms with Gasteiger partial charge in [0.15, 0.2) is 0 Å². The van der Waals surface area contributed by atoms with Crippen molar-refractivity contribution in [1.29, 1.82) is 0 Å². The van der Waals surface area contributed by atoms with Gasteiger partial charge in [-0.05, 0) is 32.7 Å². The minimum Gasteiger partial charge on any atom is -0.356 e. The van der Waals surface area contributed by atoms with Gasteiger partial charge in [0, 0.05) is 32.2 Å². The third-order valence-electron chi connectivity index (χ3n) is 4.56. The Hall–Kier alpha value is -1.03. The highest BCUT2D eigenvalue weighted by Gasteiger charge is 2.28. The molecule has 0 aromatic carbocycles. The van der Waals surface area contributed by atoms with E-state index in [0.717, 1.165) is 18.2 Å². The second kappa shape index (κ2) is 5.95. The molecule has 1 heterocycles.